The van der Waals surface area contributed by atoms with Crippen molar-refractivity contribution >= 4 is 31.9 Å². The van der Waals surface area contributed by atoms with Crippen molar-refractivity contribution in [1.82, 2.24) is 0 Å². The first-order chi connectivity index (χ1) is 7.15. The molecule has 1 nitrogen and oxygen atoms in total. The van der Waals surface area contributed by atoms with E-state index in [9.17, 15) is 0 Å². The van der Waals surface area contributed by atoms with Crippen molar-refractivity contribution in [3.63, 3.8) is 0 Å². The van der Waals surface area contributed by atoms with E-state index in [0.29, 0.717) is 0 Å². The zero-order chi connectivity index (χ0) is 10.8. The summed E-state index contributed by atoms with van der Waals surface area (Å²) in [6.45, 7) is 0. The second-order valence-electron chi connectivity index (χ2n) is 4.34. The number of nitrogens with two attached hydrogens (primary N) is 1. The van der Waals surface area contributed by atoms with Gasteiger partial charge >= 0.3 is 0 Å². The van der Waals surface area contributed by atoms with Crippen LogP contribution in [0.4, 0.5) is 0 Å². The van der Waals surface area contributed by atoms with E-state index in [4.69, 9.17) is 5.73 Å². The summed E-state index contributed by atoms with van der Waals surface area (Å²) in [6, 6.07) is 6.46. The van der Waals surface area contributed by atoms with Gasteiger partial charge in [0.25, 0.3) is 0 Å². The van der Waals surface area contributed by atoms with Crippen LogP contribution in [0, 0.1) is 5.92 Å². The number of hydrogen-bond acceptors (Lipinski definition) is 1. The van der Waals surface area contributed by atoms with Gasteiger partial charge in [-0.05, 0) is 36.1 Å². The van der Waals surface area contributed by atoms with Crippen LogP contribution in [0.2, 0.25) is 0 Å². The number of halogens is 2. The molecule has 3 heteroatoms. The first-order valence-corrected chi connectivity index (χ1v) is 6.95. The van der Waals surface area contributed by atoms with E-state index < -0.39 is 0 Å². The van der Waals surface area contributed by atoms with E-state index >= 15 is 0 Å². The molecule has 1 saturated carbocycles. The SMILES string of the molecule is NC(CC1CCC1)c1cc(Br)cc(Br)c1. The molecule has 82 valence electrons. The zero-order valence-corrected chi connectivity index (χ0v) is 11.7. The predicted molar refractivity (Wildman–Crippen MR) is 70.7 cm³/mol. The lowest BCUT2D eigenvalue weighted by Gasteiger charge is -2.28. The van der Waals surface area contributed by atoms with Gasteiger partial charge in [0.05, 0.1) is 0 Å². The zero-order valence-electron chi connectivity index (χ0n) is 8.55. The summed E-state index contributed by atoms with van der Waals surface area (Å²) in [6.07, 6.45) is 5.24. The monoisotopic (exact) mass is 331 g/mol. The second-order valence-corrected chi connectivity index (χ2v) is 6.17. The maximum atomic E-state index is 6.20. The molecular weight excluding hydrogens is 318 g/mol. The molecule has 1 unspecified atom stereocenters. The molecule has 2 N–H and O–H groups in total. The lowest BCUT2D eigenvalue weighted by molar-refractivity contribution is 0.277. The summed E-state index contributed by atoms with van der Waals surface area (Å²) >= 11 is 6.99. The van der Waals surface area contributed by atoms with E-state index in [-0.39, 0.29) is 6.04 Å². The van der Waals surface area contributed by atoms with Crippen molar-refractivity contribution in [3.8, 4) is 0 Å². The highest BCUT2D eigenvalue weighted by atomic mass is 79.9. The average molecular weight is 333 g/mol. The van der Waals surface area contributed by atoms with Crippen molar-refractivity contribution < 1.29 is 0 Å². The van der Waals surface area contributed by atoms with Gasteiger partial charge in [0, 0.05) is 15.0 Å². The van der Waals surface area contributed by atoms with Crippen LogP contribution < -0.4 is 5.73 Å². The summed E-state index contributed by atoms with van der Waals surface area (Å²) < 4.78 is 2.19. The smallest absolute Gasteiger partial charge is 0.0298 e. The topological polar surface area (TPSA) is 26.0 Å². The first-order valence-electron chi connectivity index (χ1n) is 5.37. The van der Waals surface area contributed by atoms with Gasteiger partial charge in [-0.15, -0.1) is 0 Å². The molecule has 15 heavy (non-hydrogen) atoms. The van der Waals surface area contributed by atoms with Crippen LogP contribution >= 0.6 is 31.9 Å². The lowest BCUT2D eigenvalue weighted by atomic mass is 9.80. The predicted octanol–water partition coefficient (Wildman–Crippen LogP) is 4.40. The highest BCUT2D eigenvalue weighted by Gasteiger charge is 2.21. The van der Waals surface area contributed by atoms with E-state index in [0.717, 1.165) is 21.3 Å². The maximum Gasteiger partial charge on any atom is 0.0298 e. The van der Waals surface area contributed by atoms with Crippen LogP contribution in [0.1, 0.15) is 37.3 Å². The number of hydrogen-bond donors (Lipinski definition) is 1. The van der Waals surface area contributed by atoms with E-state index in [1.165, 1.54) is 24.8 Å². The summed E-state index contributed by atoms with van der Waals surface area (Å²) in [7, 11) is 0. The van der Waals surface area contributed by atoms with E-state index in [2.05, 4.69) is 44.0 Å². The van der Waals surface area contributed by atoms with Crippen LogP contribution in [0.3, 0.4) is 0 Å². The van der Waals surface area contributed by atoms with Crippen LogP contribution in [0.15, 0.2) is 27.1 Å². The van der Waals surface area contributed by atoms with Crippen LogP contribution in [0.25, 0.3) is 0 Å². The fourth-order valence-corrected chi connectivity index (χ4v) is 3.34. The van der Waals surface area contributed by atoms with E-state index in [1.54, 1.807) is 0 Å². The number of benzene rings is 1. The Balaban J connectivity index is 2.06. The van der Waals surface area contributed by atoms with Crippen molar-refractivity contribution in [1.29, 1.82) is 0 Å². The molecule has 0 aliphatic heterocycles. The highest BCUT2D eigenvalue weighted by Crippen LogP contribution is 2.34. The minimum Gasteiger partial charge on any atom is -0.324 e. The molecule has 0 radical (unpaired) electrons. The Bertz CT molecular complexity index is 327. The van der Waals surface area contributed by atoms with Gasteiger partial charge in [-0.25, -0.2) is 0 Å². The molecule has 0 spiro atoms. The minimum absolute atomic E-state index is 0.184. The second kappa shape index (κ2) is 4.98. The van der Waals surface area contributed by atoms with Crippen LogP contribution in [-0.2, 0) is 0 Å². The third-order valence-electron chi connectivity index (χ3n) is 3.13. The van der Waals surface area contributed by atoms with E-state index in [1.807, 2.05) is 6.07 Å². The summed E-state index contributed by atoms with van der Waals surface area (Å²) in [5, 5.41) is 0. The molecular formula is C12H15Br2N. The summed E-state index contributed by atoms with van der Waals surface area (Å²) in [4.78, 5) is 0. The summed E-state index contributed by atoms with van der Waals surface area (Å²) in [5.41, 5.74) is 7.43. The van der Waals surface area contributed by atoms with Gasteiger partial charge in [0.15, 0.2) is 0 Å². The molecule has 1 fully saturated rings. The van der Waals surface area contributed by atoms with Crippen LogP contribution in [0.5, 0.6) is 0 Å². The van der Waals surface area contributed by atoms with Gasteiger partial charge in [0.2, 0.25) is 0 Å². The fourth-order valence-electron chi connectivity index (χ4n) is 2.01. The Labute approximate surface area is 108 Å². The van der Waals surface area contributed by atoms with Gasteiger partial charge < -0.3 is 5.73 Å². The van der Waals surface area contributed by atoms with Crippen molar-refractivity contribution in [3.05, 3.63) is 32.7 Å². The normalized spacial score (nSPS) is 18.6. The average Bonchev–Trinajstić information content (AvgIpc) is 2.09. The highest BCUT2D eigenvalue weighted by molar-refractivity contribution is 9.11. The third kappa shape index (κ3) is 3.05. The maximum absolute atomic E-state index is 6.20. The molecule has 1 aliphatic carbocycles. The Morgan fingerprint density at radius 1 is 1.20 bits per heavy atom. The standard InChI is InChI=1S/C12H15Br2N/c13-10-5-9(6-11(14)7-10)12(15)4-8-2-1-3-8/h5-8,12H,1-4,15H2. The van der Waals surface area contributed by atoms with Gasteiger partial charge in [-0.1, -0.05) is 51.1 Å². The Morgan fingerprint density at radius 3 is 2.27 bits per heavy atom. The van der Waals surface area contributed by atoms with Crippen molar-refractivity contribution in [2.24, 2.45) is 11.7 Å². The van der Waals surface area contributed by atoms with Crippen molar-refractivity contribution in [2.45, 2.75) is 31.7 Å². The largest absolute Gasteiger partial charge is 0.324 e. The first kappa shape index (κ1) is 11.6. The third-order valence-corrected chi connectivity index (χ3v) is 4.04. The molecule has 1 atom stereocenters. The Hall–Kier alpha value is 0.140. The molecule has 0 heterocycles. The molecule has 1 aromatic carbocycles. The molecule has 1 aliphatic rings. The number of rotatable bonds is 3. The quantitative estimate of drug-likeness (QED) is 0.872. The van der Waals surface area contributed by atoms with Gasteiger partial charge in [-0.2, -0.15) is 0 Å². The molecule has 0 bridgehead atoms. The summed E-state index contributed by atoms with van der Waals surface area (Å²) in [5.74, 6) is 0.859. The molecule has 0 amide bonds. The lowest BCUT2D eigenvalue weighted by Crippen LogP contribution is -2.20. The minimum atomic E-state index is 0.184. The molecule has 1 aromatic rings. The molecule has 0 saturated heterocycles. The molecule has 0 aromatic heterocycles. The Kier molecular flexibility index (Phi) is 3.86. The van der Waals surface area contributed by atoms with Gasteiger partial charge in [-0.3, -0.25) is 0 Å². The molecule has 2 rings (SSSR count). The van der Waals surface area contributed by atoms with Crippen LogP contribution in [-0.4, -0.2) is 0 Å². The fraction of sp³-hybridized carbons (Fsp3) is 0.500. The Morgan fingerprint density at radius 2 is 1.80 bits per heavy atom. The van der Waals surface area contributed by atoms with Gasteiger partial charge in [0.1, 0.15) is 0 Å². The van der Waals surface area contributed by atoms with Crippen molar-refractivity contribution in [2.75, 3.05) is 0 Å².